The molecular weight excluding hydrogens is 176 g/mol. The van der Waals surface area contributed by atoms with Gasteiger partial charge in [0.2, 0.25) is 0 Å². The van der Waals surface area contributed by atoms with Crippen LogP contribution >= 0.6 is 0 Å². The number of aliphatic hydroxyl groups excluding tert-OH is 1. The van der Waals surface area contributed by atoms with Crippen LogP contribution in [0.1, 0.15) is 39.0 Å². The predicted octanol–water partition coefficient (Wildman–Crippen LogP) is 1.32. The quantitative estimate of drug-likeness (QED) is 0.622. The van der Waals surface area contributed by atoms with Crippen LogP contribution in [-0.2, 0) is 9.84 Å². The zero-order chi connectivity index (χ0) is 9.45. The van der Waals surface area contributed by atoms with E-state index in [4.69, 9.17) is 5.11 Å². The molecule has 0 unspecified atom stereocenters. The molecule has 0 aliphatic rings. The maximum atomic E-state index is 10.8. The molecule has 0 aliphatic carbocycles. The summed E-state index contributed by atoms with van der Waals surface area (Å²) in [5.41, 5.74) is 0. The number of rotatable bonds is 7. The third kappa shape index (κ3) is 6.61. The Morgan fingerprint density at radius 3 is 2.17 bits per heavy atom. The smallest absolute Gasteiger partial charge is 0.173 e. The standard InChI is InChI=1S/C8H18O3S/c1-2-3-4-5-6-7-12(10,11)8-9/h9H,2-8H2,1H3. The van der Waals surface area contributed by atoms with Crippen LogP contribution in [0, 0.1) is 0 Å². The molecule has 0 aliphatic heterocycles. The second-order valence-corrected chi connectivity index (χ2v) is 5.14. The van der Waals surface area contributed by atoms with Crippen LogP contribution in [0.5, 0.6) is 0 Å². The molecule has 0 aromatic heterocycles. The highest BCUT2D eigenvalue weighted by Gasteiger charge is 2.06. The van der Waals surface area contributed by atoms with Gasteiger partial charge in [0.25, 0.3) is 0 Å². The minimum Gasteiger partial charge on any atom is -0.380 e. The van der Waals surface area contributed by atoms with Crippen LogP contribution in [0.4, 0.5) is 0 Å². The van der Waals surface area contributed by atoms with E-state index >= 15 is 0 Å². The monoisotopic (exact) mass is 194 g/mol. The molecule has 74 valence electrons. The van der Waals surface area contributed by atoms with Crippen LogP contribution in [0.3, 0.4) is 0 Å². The fourth-order valence-corrected chi connectivity index (χ4v) is 1.76. The highest BCUT2D eigenvalue weighted by Crippen LogP contribution is 2.04. The fourth-order valence-electron chi connectivity index (χ4n) is 0.990. The third-order valence-corrected chi connectivity index (χ3v) is 3.06. The molecular formula is C8H18O3S. The summed E-state index contributed by atoms with van der Waals surface area (Å²) < 4.78 is 21.6. The summed E-state index contributed by atoms with van der Waals surface area (Å²) in [6, 6.07) is 0. The van der Waals surface area contributed by atoms with Gasteiger partial charge in [-0.25, -0.2) is 8.42 Å². The van der Waals surface area contributed by atoms with E-state index in [2.05, 4.69) is 6.92 Å². The lowest BCUT2D eigenvalue weighted by Crippen LogP contribution is -2.10. The molecule has 0 amide bonds. The Morgan fingerprint density at radius 2 is 1.67 bits per heavy atom. The van der Waals surface area contributed by atoms with E-state index in [1.165, 1.54) is 6.42 Å². The zero-order valence-corrected chi connectivity index (χ0v) is 8.44. The summed E-state index contributed by atoms with van der Waals surface area (Å²) >= 11 is 0. The molecule has 3 nitrogen and oxygen atoms in total. The fraction of sp³-hybridized carbons (Fsp3) is 1.00. The van der Waals surface area contributed by atoms with Crippen LogP contribution in [-0.4, -0.2) is 25.2 Å². The van der Waals surface area contributed by atoms with Gasteiger partial charge in [-0.2, -0.15) is 0 Å². The van der Waals surface area contributed by atoms with Gasteiger partial charge in [0.1, 0.15) is 5.94 Å². The zero-order valence-electron chi connectivity index (χ0n) is 7.62. The summed E-state index contributed by atoms with van der Waals surface area (Å²) in [6.45, 7) is 2.12. The van der Waals surface area contributed by atoms with Gasteiger partial charge in [-0.3, -0.25) is 0 Å². The average molecular weight is 194 g/mol. The maximum Gasteiger partial charge on any atom is 0.173 e. The summed E-state index contributed by atoms with van der Waals surface area (Å²) in [4.78, 5) is 0. The first-order valence-electron chi connectivity index (χ1n) is 4.43. The lowest BCUT2D eigenvalue weighted by Gasteiger charge is -1.99. The summed E-state index contributed by atoms with van der Waals surface area (Å²) in [7, 11) is -3.15. The van der Waals surface area contributed by atoms with Gasteiger partial charge in [-0.1, -0.05) is 32.6 Å². The molecule has 0 bridgehead atoms. The van der Waals surface area contributed by atoms with Crippen LogP contribution in [0.15, 0.2) is 0 Å². The highest BCUT2D eigenvalue weighted by molar-refractivity contribution is 7.91. The van der Waals surface area contributed by atoms with Crippen molar-refractivity contribution in [2.75, 3.05) is 11.7 Å². The van der Waals surface area contributed by atoms with E-state index in [1.807, 2.05) is 0 Å². The second-order valence-electron chi connectivity index (χ2n) is 2.99. The lowest BCUT2D eigenvalue weighted by molar-refractivity contribution is 0.358. The van der Waals surface area contributed by atoms with Crippen molar-refractivity contribution in [2.45, 2.75) is 39.0 Å². The van der Waals surface area contributed by atoms with E-state index in [1.54, 1.807) is 0 Å². The molecule has 0 saturated carbocycles. The molecule has 1 N–H and O–H groups in total. The normalized spacial score (nSPS) is 11.8. The number of hydrogen-bond acceptors (Lipinski definition) is 3. The molecule has 0 heterocycles. The van der Waals surface area contributed by atoms with Crippen LogP contribution < -0.4 is 0 Å². The SMILES string of the molecule is CCCCCCCS(=O)(=O)CO. The molecule has 4 heteroatoms. The summed E-state index contributed by atoms with van der Waals surface area (Å²) in [5, 5.41) is 8.41. The van der Waals surface area contributed by atoms with Gasteiger partial charge < -0.3 is 5.11 Å². The average Bonchev–Trinajstić information content (AvgIpc) is 2.04. The van der Waals surface area contributed by atoms with E-state index < -0.39 is 15.8 Å². The van der Waals surface area contributed by atoms with Crippen molar-refractivity contribution >= 4 is 9.84 Å². The Morgan fingerprint density at radius 1 is 1.08 bits per heavy atom. The van der Waals surface area contributed by atoms with Crippen molar-refractivity contribution in [1.82, 2.24) is 0 Å². The van der Waals surface area contributed by atoms with Crippen molar-refractivity contribution in [1.29, 1.82) is 0 Å². The van der Waals surface area contributed by atoms with Crippen molar-refractivity contribution < 1.29 is 13.5 Å². The number of aliphatic hydroxyl groups is 1. The minimum atomic E-state index is -3.15. The lowest BCUT2D eigenvalue weighted by atomic mass is 10.2. The van der Waals surface area contributed by atoms with E-state index in [0.717, 1.165) is 19.3 Å². The molecule has 0 radical (unpaired) electrons. The van der Waals surface area contributed by atoms with Gasteiger partial charge in [-0.05, 0) is 6.42 Å². The number of unbranched alkanes of at least 4 members (excludes halogenated alkanes) is 4. The van der Waals surface area contributed by atoms with Crippen molar-refractivity contribution in [3.8, 4) is 0 Å². The Labute approximate surface area is 74.7 Å². The van der Waals surface area contributed by atoms with Gasteiger partial charge in [-0.15, -0.1) is 0 Å². The largest absolute Gasteiger partial charge is 0.380 e. The Balaban J connectivity index is 3.32. The van der Waals surface area contributed by atoms with Gasteiger partial charge in [0.15, 0.2) is 9.84 Å². The second kappa shape index (κ2) is 6.43. The first-order valence-corrected chi connectivity index (χ1v) is 6.26. The molecule has 0 aromatic rings. The third-order valence-electron chi connectivity index (χ3n) is 1.76. The van der Waals surface area contributed by atoms with E-state index in [9.17, 15) is 8.42 Å². The Kier molecular flexibility index (Phi) is 6.38. The Hall–Kier alpha value is -0.0900. The highest BCUT2D eigenvalue weighted by atomic mass is 32.2. The van der Waals surface area contributed by atoms with Crippen LogP contribution in [0.2, 0.25) is 0 Å². The van der Waals surface area contributed by atoms with Gasteiger partial charge in [0, 0.05) is 0 Å². The maximum absolute atomic E-state index is 10.8. The van der Waals surface area contributed by atoms with E-state index in [0.29, 0.717) is 6.42 Å². The van der Waals surface area contributed by atoms with Gasteiger partial charge in [0.05, 0.1) is 5.75 Å². The van der Waals surface area contributed by atoms with Crippen molar-refractivity contribution in [3.05, 3.63) is 0 Å². The van der Waals surface area contributed by atoms with Gasteiger partial charge >= 0.3 is 0 Å². The molecule has 0 saturated heterocycles. The van der Waals surface area contributed by atoms with Crippen molar-refractivity contribution in [3.63, 3.8) is 0 Å². The Bertz CT molecular complexity index is 184. The molecule has 0 spiro atoms. The molecule has 0 aromatic carbocycles. The van der Waals surface area contributed by atoms with E-state index in [-0.39, 0.29) is 5.75 Å². The molecule has 12 heavy (non-hydrogen) atoms. The molecule has 0 fully saturated rings. The topological polar surface area (TPSA) is 54.4 Å². The van der Waals surface area contributed by atoms with Crippen molar-refractivity contribution in [2.24, 2.45) is 0 Å². The number of hydrogen-bond donors (Lipinski definition) is 1. The summed E-state index contributed by atoms with van der Waals surface area (Å²) in [6.07, 6.45) is 5.05. The number of sulfone groups is 1. The predicted molar refractivity (Wildman–Crippen MR) is 49.6 cm³/mol. The molecule has 0 atom stereocenters. The first-order chi connectivity index (χ1) is 5.62. The first kappa shape index (κ1) is 11.9. The van der Waals surface area contributed by atoms with Crippen LogP contribution in [0.25, 0.3) is 0 Å². The summed E-state index contributed by atoms with van der Waals surface area (Å²) in [5.74, 6) is -0.575. The molecule has 0 rings (SSSR count). The minimum absolute atomic E-state index is 0.132.